The van der Waals surface area contributed by atoms with Gasteiger partial charge in [-0.2, -0.15) is 0 Å². The molecule has 6 heteroatoms. The lowest BCUT2D eigenvalue weighted by Gasteiger charge is -2.09. The van der Waals surface area contributed by atoms with Gasteiger partial charge in [0, 0.05) is 17.3 Å². The second kappa shape index (κ2) is 4.36. The number of pyridine rings is 1. The van der Waals surface area contributed by atoms with Crippen molar-refractivity contribution in [3.8, 4) is 0 Å². The van der Waals surface area contributed by atoms with Crippen molar-refractivity contribution < 1.29 is 8.78 Å². The highest BCUT2D eigenvalue weighted by molar-refractivity contribution is 14.1. The van der Waals surface area contributed by atoms with Gasteiger partial charge < -0.3 is 5.73 Å². The summed E-state index contributed by atoms with van der Waals surface area (Å²) in [6.45, 7) is 0. The summed E-state index contributed by atoms with van der Waals surface area (Å²) in [5.74, 6) is -0.0238. The third kappa shape index (κ3) is 2.19. The first-order valence-corrected chi connectivity index (χ1v) is 4.96. The second-order valence-corrected chi connectivity index (χ2v) is 3.62. The maximum atomic E-state index is 12.4. The van der Waals surface area contributed by atoms with Crippen LogP contribution in [0.2, 0.25) is 0 Å². The number of nitrogens with zero attached hydrogens (tertiary/aromatic N) is 1. The van der Waals surface area contributed by atoms with Crippen molar-refractivity contribution in [3.63, 3.8) is 0 Å². The van der Waals surface area contributed by atoms with Crippen LogP contribution < -0.4 is 5.73 Å². The predicted molar refractivity (Wildman–Crippen MR) is 55.9 cm³/mol. The van der Waals surface area contributed by atoms with E-state index in [9.17, 15) is 8.78 Å². The van der Waals surface area contributed by atoms with E-state index in [4.69, 9.17) is 17.3 Å². The van der Waals surface area contributed by atoms with Gasteiger partial charge in [-0.25, -0.2) is 13.8 Å². The van der Waals surface area contributed by atoms with Crippen molar-refractivity contribution in [2.75, 3.05) is 5.73 Å². The Bertz CT molecular complexity index is 320. The monoisotopic (exact) mass is 318 g/mol. The number of rotatable bonds is 2. The van der Waals surface area contributed by atoms with Crippen LogP contribution in [0.15, 0.2) is 6.20 Å². The Morgan fingerprint density at radius 3 is 2.69 bits per heavy atom. The fraction of sp³-hybridized carbons (Fsp3) is 0.286. The number of nitrogen functional groups attached to an aromatic ring is 1. The molecule has 0 fully saturated rings. The third-order valence-corrected chi connectivity index (χ3v) is 2.71. The topological polar surface area (TPSA) is 38.9 Å². The van der Waals surface area contributed by atoms with Gasteiger partial charge in [-0.1, -0.05) is 0 Å². The summed E-state index contributed by atoms with van der Waals surface area (Å²) < 4.78 is 25.2. The summed E-state index contributed by atoms with van der Waals surface area (Å²) in [5, 5.41) is 0. The zero-order chi connectivity index (χ0) is 10.0. The SMILES string of the molecule is Nc1c(I)ncc(C(F)F)c1CCl. The molecule has 1 rings (SSSR count). The first kappa shape index (κ1) is 10.9. The van der Waals surface area contributed by atoms with Gasteiger partial charge >= 0.3 is 0 Å². The summed E-state index contributed by atoms with van der Waals surface area (Å²) in [6.07, 6.45) is -1.47. The Balaban J connectivity index is 3.30. The number of hydrogen-bond acceptors (Lipinski definition) is 2. The number of hydrogen-bond donors (Lipinski definition) is 1. The van der Waals surface area contributed by atoms with Crippen LogP contribution in [0.3, 0.4) is 0 Å². The predicted octanol–water partition coefficient (Wildman–Crippen LogP) is 2.94. The zero-order valence-electron chi connectivity index (χ0n) is 6.40. The van der Waals surface area contributed by atoms with Gasteiger partial charge in [0.15, 0.2) is 0 Å². The molecule has 0 radical (unpaired) electrons. The molecule has 1 aromatic rings. The van der Waals surface area contributed by atoms with Crippen LogP contribution >= 0.6 is 34.2 Å². The van der Waals surface area contributed by atoms with E-state index >= 15 is 0 Å². The number of alkyl halides is 3. The van der Waals surface area contributed by atoms with E-state index in [2.05, 4.69) is 4.98 Å². The lowest BCUT2D eigenvalue weighted by Crippen LogP contribution is -2.03. The van der Waals surface area contributed by atoms with Crippen LogP contribution in [0, 0.1) is 3.70 Å². The fourth-order valence-corrected chi connectivity index (χ4v) is 1.65. The van der Waals surface area contributed by atoms with Crippen LogP contribution in [0.5, 0.6) is 0 Å². The average Bonchev–Trinajstić information content (AvgIpc) is 2.09. The standard InChI is InChI=1S/C7H6ClF2IN2/c8-1-3-4(6(9)10)2-13-7(11)5(3)12/h2,6H,1,12H2. The lowest BCUT2D eigenvalue weighted by atomic mass is 10.1. The van der Waals surface area contributed by atoms with E-state index in [-0.39, 0.29) is 22.7 Å². The lowest BCUT2D eigenvalue weighted by molar-refractivity contribution is 0.150. The van der Waals surface area contributed by atoms with Crippen molar-refractivity contribution in [2.24, 2.45) is 0 Å². The van der Waals surface area contributed by atoms with Crippen molar-refractivity contribution in [2.45, 2.75) is 12.3 Å². The minimum Gasteiger partial charge on any atom is -0.396 e. The molecule has 0 aliphatic carbocycles. The summed E-state index contributed by atoms with van der Waals surface area (Å²) in [4.78, 5) is 3.73. The minimum absolute atomic E-state index is 0.0238. The van der Waals surface area contributed by atoms with E-state index in [1.165, 1.54) is 0 Å². The maximum Gasteiger partial charge on any atom is 0.265 e. The Morgan fingerprint density at radius 2 is 2.23 bits per heavy atom. The van der Waals surface area contributed by atoms with Gasteiger partial charge in [0.2, 0.25) is 0 Å². The van der Waals surface area contributed by atoms with Gasteiger partial charge in [-0.05, 0) is 22.6 Å². The molecule has 1 heterocycles. The summed E-state index contributed by atoms with van der Waals surface area (Å²) in [5.41, 5.74) is 5.87. The molecule has 1 aromatic heterocycles. The van der Waals surface area contributed by atoms with Crippen LogP contribution in [0.4, 0.5) is 14.5 Å². The van der Waals surface area contributed by atoms with Gasteiger partial charge in [-0.15, -0.1) is 11.6 Å². The molecular weight excluding hydrogens is 312 g/mol. The molecule has 13 heavy (non-hydrogen) atoms. The highest BCUT2D eigenvalue weighted by Crippen LogP contribution is 2.29. The quantitative estimate of drug-likeness (QED) is 0.517. The van der Waals surface area contributed by atoms with E-state index in [1.54, 1.807) is 0 Å². The molecular formula is C7H6ClF2IN2. The molecule has 0 bridgehead atoms. The molecule has 0 aromatic carbocycles. The molecule has 0 unspecified atom stereocenters. The van der Waals surface area contributed by atoms with Gasteiger partial charge in [-0.3, -0.25) is 0 Å². The van der Waals surface area contributed by atoms with Crippen molar-refractivity contribution in [1.82, 2.24) is 4.98 Å². The molecule has 0 saturated carbocycles. The number of anilines is 1. The molecule has 0 atom stereocenters. The first-order valence-electron chi connectivity index (χ1n) is 3.34. The molecule has 0 aliphatic heterocycles. The van der Waals surface area contributed by atoms with Gasteiger partial charge in [0.05, 0.1) is 11.6 Å². The minimum atomic E-state index is -2.58. The number of aromatic nitrogens is 1. The molecule has 2 nitrogen and oxygen atoms in total. The average molecular weight is 318 g/mol. The van der Waals surface area contributed by atoms with Crippen molar-refractivity contribution in [3.05, 3.63) is 21.0 Å². The van der Waals surface area contributed by atoms with Crippen LogP contribution in [0.1, 0.15) is 17.6 Å². The van der Waals surface area contributed by atoms with E-state index in [1.807, 2.05) is 22.6 Å². The number of halogens is 4. The van der Waals surface area contributed by atoms with Crippen molar-refractivity contribution >= 4 is 39.9 Å². The third-order valence-electron chi connectivity index (χ3n) is 1.58. The summed E-state index contributed by atoms with van der Waals surface area (Å²) >= 11 is 7.38. The van der Waals surface area contributed by atoms with Crippen molar-refractivity contribution in [1.29, 1.82) is 0 Å². The highest BCUT2D eigenvalue weighted by atomic mass is 127. The summed E-state index contributed by atoms with van der Waals surface area (Å²) in [6, 6.07) is 0. The maximum absolute atomic E-state index is 12.4. The van der Waals surface area contributed by atoms with E-state index in [0.717, 1.165) is 6.20 Å². The molecule has 0 spiro atoms. The number of nitrogens with two attached hydrogens (primary N) is 1. The van der Waals surface area contributed by atoms with Gasteiger partial charge in [0.25, 0.3) is 6.43 Å². The van der Waals surface area contributed by atoms with E-state index < -0.39 is 6.43 Å². The smallest absolute Gasteiger partial charge is 0.265 e. The fourth-order valence-electron chi connectivity index (χ4n) is 0.891. The Morgan fingerprint density at radius 1 is 1.62 bits per heavy atom. The van der Waals surface area contributed by atoms with E-state index in [0.29, 0.717) is 3.70 Å². The highest BCUT2D eigenvalue weighted by Gasteiger charge is 2.16. The zero-order valence-corrected chi connectivity index (χ0v) is 9.31. The molecule has 0 saturated heterocycles. The second-order valence-electron chi connectivity index (χ2n) is 2.33. The Labute approximate surface area is 92.6 Å². The van der Waals surface area contributed by atoms with Crippen LogP contribution in [0.25, 0.3) is 0 Å². The Hall–Kier alpha value is -0.170. The van der Waals surface area contributed by atoms with Crippen LogP contribution in [-0.2, 0) is 5.88 Å². The van der Waals surface area contributed by atoms with Gasteiger partial charge in [0.1, 0.15) is 3.70 Å². The first-order chi connectivity index (χ1) is 6.07. The molecule has 72 valence electrons. The van der Waals surface area contributed by atoms with Crippen LogP contribution in [-0.4, -0.2) is 4.98 Å². The summed E-state index contributed by atoms with van der Waals surface area (Å²) in [7, 11) is 0. The largest absolute Gasteiger partial charge is 0.396 e. The normalized spacial score (nSPS) is 10.8. The molecule has 0 amide bonds. The molecule has 0 aliphatic rings. The molecule has 2 N–H and O–H groups in total. The Kier molecular flexibility index (Phi) is 3.66.